The van der Waals surface area contributed by atoms with E-state index in [1.165, 1.54) is 11.3 Å². The number of nitrogens with zero attached hydrogens (tertiary/aromatic N) is 4. The van der Waals surface area contributed by atoms with Crippen LogP contribution >= 0.6 is 22.9 Å². The Balaban J connectivity index is 1.63. The first-order valence-corrected chi connectivity index (χ1v) is 8.44. The van der Waals surface area contributed by atoms with Gasteiger partial charge in [0.15, 0.2) is 0 Å². The molecule has 0 aliphatic heterocycles. The van der Waals surface area contributed by atoms with Crippen LogP contribution in [0, 0.1) is 0 Å². The van der Waals surface area contributed by atoms with Crippen LogP contribution in [0.2, 0.25) is 5.02 Å². The van der Waals surface area contributed by atoms with E-state index in [4.69, 9.17) is 16.3 Å². The summed E-state index contributed by atoms with van der Waals surface area (Å²) in [6.07, 6.45) is 3.12. The van der Waals surface area contributed by atoms with Crippen LogP contribution in [0.4, 0.5) is 5.95 Å². The van der Waals surface area contributed by atoms with Gasteiger partial charge in [-0.3, -0.25) is 4.79 Å². The van der Waals surface area contributed by atoms with Crippen LogP contribution in [0.1, 0.15) is 10.4 Å². The summed E-state index contributed by atoms with van der Waals surface area (Å²) in [6, 6.07) is 1.82. The number of hydrogen-bond donors (Lipinski definition) is 0. The Kier molecular flexibility index (Phi) is 6.76. The molecule has 0 aliphatic rings. The lowest BCUT2D eigenvalue weighted by Crippen LogP contribution is -2.31. The van der Waals surface area contributed by atoms with Crippen molar-refractivity contribution in [3.8, 4) is 0 Å². The van der Waals surface area contributed by atoms with E-state index in [2.05, 4.69) is 9.97 Å². The lowest BCUT2D eigenvalue weighted by molar-refractivity contribution is 0.0704. The predicted octanol–water partition coefficient (Wildman–Crippen LogP) is 2.42. The minimum atomic E-state index is 0.0153. The van der Waals surface area contributed by atoms with Crippen LogP contribution in [-0.2, 0) is 4.74 Å². The van der Waals surface area contributed by atoms with E-state index in [0.29, 0.717) is 37.3 Å². The number of amides is 1. The van der Waals surface area contributed by atoms with Gasteiger partial charge in [-0.2, -0.15) is 11.3 Å². The van der Waals surface area contributed by atoms with Gasteiger partial charge in [0.2, 0.25) is 5.95 Å². The highest BCUT2D eigenvalue weighted by Crippen LogP contribution is 2.09. The van der Waals surface area contributed by atoms with Crippen LogP contribution < -0.4 is 4.90 Å². The van der Waals surface area contributed by atoms with E-state index >= 15 is 0 Å². The minimum Gasteiger partial charge on any atom is -0.378 e. The largest absolute Gasteiger partial charge is 0.378 e. The van der Waals surface area contributed by atoms with E-state index < -0.39 is 0 Å². The van der Waals surface area contributed by atoms with Crippen molar-refractivity contribution < 1.29 is 9.53 Å². The summed E-state index contributed by atoms with van der Waals surface area (Å²) in [5.41, 5.74) is 0.720. The maximum Gasteiger partial charge on any atom is 0.254 e. The Morgan fingerprint density at radius 3 is 2.61 bits per heavy atom. The second-order valence-electron chi connectivity index (χ2n) is 4.97. The van der Waals surface area contributed by atoms with E-state index in [1.54, 1.807) is 24.3 Å². The van der Waals surface area contributed by atoms with E-state index in [0.717, 1.165) is 5.56 Å². The van der Waals surface area contributed by atoms with Crippen molar-refractivity contribution in [2.24, 2.45) is 0 Å². The summed E-state index contributed by atoms with van der Waals surface area (Å²) >= 11 is 7.27. The standard InChI is InChI=1S/C15H19ClN4O2S/c1-19(14(21)12-3-8-23-11-12)4-6-22-7-5-20(2)15-17-9-13(16)10-18-15/h3,8-11H,4-7H2,1-2H3. The molecule has 2 aromatic rings. The molecular weight excluding hydrogens is 336 g/mol. The summed E-state index contributed by atoms with van der Waals surface area (Å²) in [7, 11) is 3.66. The van der Waals surface area contributed by atoms with Crippen molar-refractivity contribution >= 4 is 34.8 Å². The first-order chi connectivity index (χ1) is 11.1. The molecule has 0 radical (unpaired) electrons. The fourth-order valence-electron chi connectivity index (χ4n) is 1.82. The zero-order valence-electron chi connectivity index (χ0n) is 13.1. The number of ether oxygens (including phenoxy) is 1. The van der Waals surface area contributed by atoms with Crippen molar-refractivity contribution in [3.05, 3.63) is 39.8 Å². The first kappa shape index (κ1) is 17.7. The summed E-state index contributed by atoms with van der Waals surface area (Å²) in [5.74, 6) is 0.615. The monoisotopic (exact) mass is 354 g/mol. The van der Waals surface area contributed by atoms with Crippen molar-refractivity contribution in [1.82, 2.24) is 14.9 Å². The quantitative estimate of drug-likeness (QED) is 0.681. The Morgan fingerprint density at radius 2 is 1.96 bits per heavy atom. The second-order valence-corrected chi connectivity index (χ2v) is 6.19. The molecule has 2 heterocycles. The smallest absolute Gasteiger partial charge is 0.254 e. The molecule has 0 bridgehead atoms. The molecule has 0 spiro atoms. The summed E-state index contributed by atoms with van der Waals surface area (Å²) < 4.78 is 5.57. The van der Waals surface area contributed by atoms with E-state index in [-0.39, 0.29) is 5.91 Å². The second kappa shape index (κ2) is 8.81. The Hall–Kier alpha value is -1.70. The number of anilines is 1. The molecule has 124 valence electrons. The molecule has 0 aliphatic carbocycles. The van der Waals surface area contributed by atoms with Crippen LogP contribution in [0.3, 0.4) is 0 Å². The van der Waals surface area contributed by atoms with Crippen LogP contribution in [0.5, 0.6) is 0 Å². The van der Waals surface area contributed by atoms with Gasteiger partial charge in [0.25, 0.3) is 5.91 Å². The molecule has 0 fully saturated rings. The highest BCUT2D eigenvalue weighted by Gasteiger charge is 2.11. The Labute approximate surface area is 144 Å². The highest BCUT2D eigenvalue weighted by atomic mass is 35.5. The van der Waals surface area contributed by atoms with Gasteiger partial charge < -0.3 is 14.5 Å². The summed E-state index contributed by atoms with van der Waals surface area (Å²) in [4.78, 5) is 23.8. The minimum absolute atomic E-state index is 0.0153. The maximum atomic E-state index is 12.0. The molecule has 6 nitrogen and oxygen atoms in total. The fourth-order valence-corrected chi connectivity index (χ4v) is 2.54. The Bertz CT molecular complexity index is 606. The number of hydrogen-bond acceptors (Lipinski definition) is 6. The van der Waals surface area contributed by atoms with Crippen LogP contribution in [0.25, 0.3) is 0 Å². The number of thiophene rings is 1. The fraction of sp³-hybridized carbons (Fsp3) is 0.400. The van der Waals surface area contributed by atoms with Gasteiger partial charge in [-0.15, -0.1) is 0 Å². The summed E-state index contributed by atoms with van der Waals surface area (Å²) in [6.45, 7) is 2.23. The van der Waals surface area contributed by atoms with Gasteiger partial charge in [-0.25, -0.2) is 9.97 Å². The maximum absolute atomic E-state index is 12.0. The lowest BCUT2D eigenvalue weighted by Gasteiger charge is -2.18. The zero-order chi connectivity index (χ0) is 16.7. The molecule has 2 aromatic heterocycles. The van der Waals surface area contributed by atoms with Crippen molar-refractivity contribution in [1.29, 1.82) is 0 Å². The zero-order valence-corrected chi connectivity index (χ0v) is 14.7. The SMILES string of the molecule is CN(CCOCCN(C)c1ncc(Cl)cn1)C(=O)c1ccsc1. The molecule has 0 unspecified atom stereocenters. The number of aromatic nitrogens is 2. The lowest BCUT2D eigenvalue weighted by atomic mass is 10.3. The summed E-state index contributed by atoms with van der Waals surface area (Å²) in [5, 5.41) is 4.25. The molecular formula is C15H19ClN4O2S. The number of halogens is 1. The average Bonchev–Trinajstić information content (AvgIpc) is 3.08. The molecule has 0 saturated carbocycles. The highest BCUT2D eigenvalue weighted by molar-refractivity contribution is 7.08. The topological polar surface area (TPSA) is 58.6 Å². The third-order valence-corrected chi connectivity index (χ3v) is 4.08. The van der Waals surface area contributed by atoms with Crippen molar-refractivity contribution in [2.45, 2.75) is 0 Å². The van der Waals surface area contributed by atoms with Gasteiger partial charge in [0, 0.05) is 32.6 Å². The number of carbonyl (C=O) groups is 1. The predicted molar refractivity (Wildman–Crippen MR) is 92.4 cm³/mol. The third kappa shape index (κ3) is 5.46. The van der Waals surface area contributed by atoms with Crippen molar-refractivity contribution in [3.63, 3.8) is 0 Å². The molecule has 0 N–H and O–H groups in total. The first-order valence-electron chi connectivity index (χ1n) is 7.12. The average molecular weight is 355 g/mol. The van der Waals surface area contributed by atoms with Crippen LogP contribution in [-0.4, -0.2) is 61.2 Å². The van der Waals surface area contributed by atoms with E-state index in [1.807, 2.05) is 28.8 Å². The number of rotatable bonds is 8. The molecule has 0 aromatic carbocycles. The molecule has 8 heteroatoms. The van der Waals surface area contributed by atoms with Gasteiger partial charge >= 0.3 is 0 Å². The molecule has 2 rings (SSSR count). The molecule has 23 heavy (non-hydrogen) atoms. The van der Waals surface area contributed by atoms with Gasteiger partial charge in [0.1, 0.15) is 0 Å². The van der Waals surface area contributed by atoms with Gasteiger partial charge in [-0.05, 0) is 11.4 Å². The van der Waals surface area contributed by atoms with E-state index in [9.17, 15) is 4.79 Å². The van der Waals surface area contributed by atoms with Crippen molar-refractivity contribution in [2.75, 3.05) is 45.3 Å². The van der Waals surface area contributed by atoms with Crippen LogP contribution in [0.15, 0.2) is 29.2 Å². The Morgan fingerprint density at radius 1 is 1.26 bits per heavy atom. The third-order valence-electron chi connectivity index (χ3n) is 3.21. The van der Waals surface area contributed by atoms with Gasteiger partial charge in [-0.1, -0.05) is 11.6 Å². The number of carbonyl (C=O) groups excluding carboxylic acids is 1. The number of likely N-dealkylation sites (N-methyl/N-ethyl adjacent to an activating group) is 2. The molecule has 0 atom stereocenters. The normalized spacial score (nSPS) is 10.6. The molecule has 0 saturated heterocycles. The molecule has 1 amide bonds. The van der Waals surface area contributed by atoms with Gasteiger partial charge in [0.05, 0.1) is 36.2 Å².